The average Bonchev–Trinajstić information content (AvgIpc) is 3.01. The molecule has 0 saturated carbocycles. The van der Waals surface area contributed by atoms with Gasteiger partial charge in [-0.05, 0) is 30.5 Å². The first-order valence-corrected chi connectivity index (χ1v) is 7.90. The lowest BCUT2D eigenvalue weighted by Crippen LogP contribution is -2.23. The van der Waals surface area contributed by atoms with E-state index < -0.39 is 5.97 Å². The maximum atomic E-state index is 11.2. The zero-order chi connectivity index (χ0) is 16.1. The highest BCUT2D eigenvalue weighted by molar-refractivity contribution is 5.93. The number of benzene rings is 1. The number of rotatable bonds is 6. The van der Waals surface area contributed by atoms with Gasteiger partial charge in [-0.3, -0.25) is 9.88 Å². The van der Waals surface area contributed by atoms with E-state index >= 15 is 0 Å². The van der Waals surface area contributed by atoms with Gasteiger partial charge in [0, 0.05) is 25.8 Å². The van der Waals surface area contributed by atoms with Crippen molar-refractivity contribution in [3.8, 4) is 0 Å². The number of anilines is 1. The van der Waals surface area contributed by atoms with E-state index in [4.69, 9.17) is 0 Å². The minimum Gasteiger partial charge on any atom is -0.478 e. The molecule has 3 rings (SSSR count). The van der Waals surface area contributed by atoms with Crippen LogP contribution in [0.3, 0.4) is 0 Å². The van der Waals surface area contributed by atoms with E-state index in [1.807, 2.05) is 6.07 Å². The smallest absolute Gasteiger partial charge is 0.337 e. The second kappa shape index (κ2) is 7.24. The van der Waals surface area contributed by atoms with Crippen LogP contribution < -0.4 is 5.32 Å². The summed E-state index contributed by atoms with van der Waals surface area (Å²) in [5, 5.41) is 12.4. The number of likely N-dealkylation sites (tertiary alicyclic amines) is 1. The molecule has 2 N–H and O–H groups in total. The van der Waals surface area contributed by atoms with Crippen molar-refractivity contribution >= 4 is 11.7 Å². The Morgan fingerprint density at radius 3 is 2.91 bits per heavy atom. The Kier molecular flexibility index (Phi) is 4.88. The maximum Gasteiger partial charge on any atom is 0.337 e. The van der Waals surface area contributed by atoms with E-state index in [0.717, 1.165) is 32.6 Å². The van der Waals surface area contributed by atoms with Gasteiger partial charge in [0.15, 0.2) is 0 Å². The van der Waals surface area contributed by atoms with Crippen LogP contribution in [0.5, 0.6) is 0 Å². The number of carbonyl (C=O) groups is 1. The fourth-order valence-corrected chi connectivity index (χ4v) is 3.04. The van der Waals surface area contributed by atoms with Gasteiger partial charge >= 0.3 is 5.97 Å². The highest BCUT2D eigenvalue weighted by Gasteiger charge is 2.22. The normalized spacial score (nSPS) is 18.0. The molecule has 0 aliphatic carbocycles. The van der Waals surface area contributed by atoms with Crippen molar-refractivity contribution < 1.29 is 9.90 Å². The molecule has 120 valence electrons. The van der Waals surface area contributed by atoms with Crippen LogP contribution in [0.4, 0.5) is 5.69 Å². The lowest BCUT2D eigenvalue weighted by molar-refractivity contribution is 0.0698. The Bertz CT molecular complexity index is 660. The van der Waals surface area contributed by atoms with Gasteiger partial charge in [0.2, 0.25) is 0 Å². The molecule has 0 spiro atoms. The summed E-state index contributed by atoms with van der Waals surface area (Å²) in [7, 11) is 0. The lowest BCUT2D eigenvalue weighted by atomic mass is 10.1. The number of nitrogens with one attached hydrogen (secondary N) is 1. The molecule has 5 nitrogen and oxygen atoms in total. The number of carboxylic acid groups (broad SMARTS) is 1. The zero-order valence-electron chi connectivity index (χ0n) is 13.0. The molecule has 1 aromatic heterocycles. The molecule has 5 heteroatoms. The quantitative estimate of drug-likeness (QED) is 0.858. The third-order valence-corrected chi connectivity index (χ3v) is 4.25. The molecule has 1 atom stereocenters. The van der Waals surface area contributed by atoms with Crippen molar-refractivity contribution in [2.75, 3.05) is 25.0 Å². The fraction of sp³-hybridized carbons (Fsp3) is 0.333. The van der Waals surface area contributed by atoms with Crippen molar-refractivity contribution in [1.29, 1.82) is 0 Å². The predicted molar refractivity (Wildman–Crippen MR) is 89.5 cm³/mol. The second-order valence-corrected chi connectivity index (χ2v) is 5.98. The summed E-state index contributed by atoms with van der Waals surface area (Å²) >= 11 is 0. The topological polar surface area (TPSA) is 65.5 Å². The number of nitrogens with zero attached hydrogens (tertiary/aromatic N) is 2. The van der Waals surface area contributed by atoms with Crippen molar-refractivity contribution in [2.45, 2.75) is 13.0 Å². The molecule has 1 aromatic carbocycles. The van der Waals surface area contributed by atoms with Crippen LogP contribution in [-0.4, -0.2) is 40.6 Å². The molecule has 0 amide bonds. The highest BCUT2D eigenvalue weighted by Crippen LogP contribution is 2.20. The Morgan fingerprint density at radius 2 is 2.13 bits per heavy atom. The summed E-state index contributed by atoms with van der Waals surface area (Å²) in [4.78, 5) is 17.7. The number of pyridine rings is 1. The van der Waals surface area contributed by atoms with Crippen LogP contribution in [0.25, 0.3) is 0 Å². The molecule has 0 bridgehead atoms. The lowest BCUT2D eigenvalue weighted by Gasteiger charge is -2.17. The molecule has 1 aliphatic heterocycles. The van der Waals surface area contributed by atoms with Gasteiger partial charge in [-0.15, -0.1) is 0 Å². The Balaban J connectivity index is 1.52. The van der Waals surface area contributed by atoms with Crippen LogP contribution in [0.15, 0.2) is 48.8 Å². The molecule has 0 radical (unpaired) electrons. The predicted octanol–water partition coefficient (Wildman–Crippen LogP) is 2.71. The standard InChI is InChI=1S/C18H21N3O2/c22-18(23)16-6-8-19-11-17(16)20-10-15-7-9-21(13-15)12-14-4-2-1-3-5-14/h1-6,8,11,15,20H,7,9-10,12-13H2,(H,22,23). The van der Waals surface area contributed by atoms with Crippen LogP contribution in [0.1, 0.15) is 22.3 Å². The molecule has 23 heavy (non-hydrogen) atoms. The monoisotopic (exact) mass is 311 g/mol. The van der Waals surface area contributed by atoms with Crippen LogP contribution in [0, 0.1) is 5.92 Å². The third kappa shape index (κ3) is 4.07. The van der Waals surface area contributed by atoms with Gasteiger partial charge in [-0.25, -0.2) is 4.79 Å². The summed E-state index contributed by atoms with van der Waals surface area (Å²) in [5.41, 5.74) is 2.21. The van der Waals surface area contributed by atoms with Gasteiger partial charge in [-0.2, -0.15) is 0 Å². The van der Waals surface area contributed by atoms with E-state index in [1.165, 1.54) is 17.8 Å². The highest BCUT2D eigenvalue weighted by atomic mass is 16.4. The van der Waals surface area contributed by atoms with Crippen molar-refractivity contribution in [1.82, 2.24) is 9.88 Å². The number of hydrogen-bond donors (Lipinski definition) is 2. The molecular formula is C18H21N3O2. The van der Waals surface area contributed by atoms with Gasteiger partial charge in [0.05, 0.1) is 17.4 Å². The third-order valence-electron chi connectivity index (χ3n) is 4.25. The Hall–Kier alpha value is -2.40. The summed E-state index contributed by atoms with van der Waals surface area (Å²) in [5.74, 6) is -0.396. The first-order chi connectivity index (χ1) is 11.2. The second-order valence-electron chi connectivity index (χ2n) is 5.98. The summed E-state index contributed by atoms with van der Waals surface area (Å²) < 4.78 is 0. The van der Waals surface area contributed by atoms with Gasteiger partial charge in [-0.1, -0.05) is 30.3 Å². The molecule has 1 unspecified atom stereocenters. The van der Waals surface area contributed by atoms with Gasteiger partial charge < -0.3 is 10.4 Å². The van der Waals surface area contributed by atoms with E-state index in [2.05, 4.69) is 39.5 Å². The van der Waals surface area contributed by atoms with Crippen molar-refractivity contribution in [3.63, 3.8) is 0 Å². The molecule has 1 fully saturated rings. The summed E-state index contributed by atoms with van der Waals surface area (Å²) in [6.45, 7) is 3.87. The van der Waals surface area contributed by atoms with E-state index in [9.17, 15) is 9.90 Å². The van der Waals surface area contributed by atoms with Crippen LogP contribution in [0.2, 0.25) is 0 Å². The van der Waals surface area contributed by atoms with Crippen molar-refractivity contribution in [2.24, 2.45) is 5.92 Å². The van der Waals surface area contributed by atoms with Crippen LogP contribution in [-0.2, 0) is 6.54 Å². The minimum atomic E-state index is -0.924. The molecule has 2 aromatic rings. The van der Waals surface area contributed by atoms with E-state index in [1.54, 1.807) is 6.20 Å². The van der Waals surface area contributed by atoms with Gasteiger partial charge in [0.1, 0.15) is 0 Å². The van der Waals surface area contributed by atoms with Gasteiger partial charge in [0.25, 0.3) is 0 Å². The summed E-state index contributed by atoms with van der Waals surface area (Å²) in [6, 6.07) is 12.0. The van der Waals surface area contributed by atoms with Crippen molar-refractivity contribution in [3.05, 3.63) is 59.9 Å². The zero-order valence-corrected chi connectivity index (χ0v) is 13.0. The van der Waals surface area contributed by atoms with E-state index in [0.29, 0.717) is 11.6 Å². The number of aromatic nitrogens is 1. The average molecular weight is 311 g/mol. The molecule has 1 aliphatic rings. The molecule has 2 heterocycles. The first-order valence-electron chi connectivity index (χ1n) is 7.90. The Morgan fingerprint density at radius 1 is 1.30 bits per heavy atom. The number of hydrogen-bond acceptors (Lipinski definition) is 4. The number of aromatic carboxylic acids is 1. The largest absolute Gasteiger partial charge is 0.478 e. The number of carboxylic acids is 1. The SMILES string of the molecule is O=C(O)c1ccncc1NCC1CCN(Cc2ccccc2)C1. The first kappa shape index (κ1) is 15.5. The fourth-order valence-electron chi connectivity index (χ4n) is 3.04. The molecular weight excluding hydrogens is 290 g/mol. The summed E-state index contributed by atoms with van der Waals surface area (Å²) in [6.07, 6.45) is 4.22. The maximum absolute atomic E-state index is 11.2. The van der Waals surface area contributed by atoms with E-state index in [-0.39, 0.29) is 5.56 Å². The molecule has 1 saturated heterocycles. The Labute approximate surface area is 136 Å². The van der Waals surface area contributed by atoms with Crippen LogP contribution >= 0.6 is 0 Å². The minimum absolute atomic E-state index is 0.277.